The first-order valence-corrected chi connectivity index (χ1v) is 10.2. The molecule has 2 rings (SSSR count). The maximum absolute atomic E-state index is 12.8. The van der Waals surface area contributed by atoms with E-state index < -0.39 is 39.9 Å². The topological polar surface area (TPSA) is 105 Å². The highest BCUT2D eigenvalue weighted by atomic mass is 35.5. The molecule has 0 atom stereocenters. The number of carbonyl (C=O) groups is 2. The Hall–Kier alpha value is -3.05. The van der Waals surface area contributed by atoms with Gasteiger partial charge in [0.1, 0.15) is 22.9 Å². The van der Waals surface area contributed by atoms with Crippen LogP contribution in [0, 0.1) is 10.1 Å². The van der Waals surface area contributed by atoms with Crippen LogP contribution in [-0.2, 0) is 20.4 Å². The molecule has 0 N–H and O–H groups in total. The number of nitro benzene ring substituents is 1. The molecule has 0 saturated heterocycles. The number of alkyl halides is 4. The van der Waals surface area contributed by atoms with Crippen molar-refractivity contribution >= 4 is 40.8 Å². The van der Waals surface area contributed by atoms with Crippen LogP contribution in [0.1, 0.15) is 28.8 Å². The number of esters is 2. The van der Waals surface area contributed by atoms with Crippen molar-refractivity contribution in [2.45, 2.75) is 19.0 Å². The lowest BCUT2D eigenvalue weighted by Gasteiger charge is -2.12. The van der Waals surface area contributed by atoms with Gasteiger partial charge in [-0.05, 0) is 37.1 Å². The number of ether oxygens (including phenoxy) is 3. The van der Waals surface area contributed by atoms with Crippen LogP contribution in [0.5, 0.6) is 11.5 Å². The highest BCUT2D eigenvalue weighted by Gasteiger charge is 2.31. The first kappa shape index (κ1) is 26.2. The van der Waals surface area contributed by atoms with Crippen molar-refractivity contribution in [3.8, 4) is 11.5 Å². The monoisotopic (exact) mass is 509 g/mol. The highest BCUT2D eigenvalue weighted by Crippen LogP contribution is 2.37. The van der Waals surface area contributed by atoms with E-state index in [9.17, 15) is 32.9 Å². The van der Waals surface area contributed by atoms with Crippen LogP contribution in [0.15, 0.2) is 36.4 Å². The average Bonchev–Trinajstić information content (AvgIpc) is 2.76. The zero-order chi connectivity index (χ0) is 24.6. The van der Waals surface area contributed by atoms with E-state index in [-0.39, 0.29) is 35.6 Å². The number of hydrogen-bond donors (Lipinski definition) is 0. The fraction of sp³-hybridized carbons (Fsp3) is 0.300. The third-order valence-electron chi connectivity index (χ3n) is 4.02. The van der Waals surface area contributed by atoms with E-state index >= 15 is 0 Å². The first-order chi connectivity index (χ1) is 15.5. The lowest BCUT2D eigenvalue weighted by Crippen LogP contribution is -2.11. The van der Waals surface area contributed by atoms with Crippen molar-refractivity contribution in [1.29, 1.82) is 0 Å². The van der Waals surface area contributed by atoms with Crippen LogP contribution in [0.3, 0.4) is 0 Å². The maximum Gasteiger partial charge on any atom is 0.416 e. The van der Waals surface area contributed by atoms with Crippen LogP contribution >= 0.6 is 23.2 Å². The minimum Gasteiger partial charge on any atom is -0.465 e. The molecular formula is C20H16Cl2F3NO7. The Morgan fingerprint density at radius 3 is 2.27 bits per heavy atom. The predicted octanol–water partition coefficient (Wildman–Crippen LogP) is 5.78. The summed E-state index contributed by atoms with van der Waals surface area (Å²) < 4.78 is 53.5. The molecule has 0 unspecified atom stereocenters. The number of benzene rings is 2. The largest absolute Gasteiger partial charge is 0.465 e. The van der Waals surface area contributed by atoms with Gasteiger partial charge in [0.15, 0.2) is 0 Å². The van der Waals surface area contributed by atoms with E-state index in [0.29, 0.717) is 18.9 Å². The number of carbonyl (C=O) groups excluding carboxylic acids is 2. The molecule has 0 radical (unpaired) electrons. The SMILES string of the molecule is O=C(CCl)OCCCCOC(=O)c1cc(Oc2ccc(C(F)(F)F)cc2Cl)ccc1[N+](=O)[O-]. The van der Waals surface area contributed by atoms with Gasteiger partial charge in [-0.1, -0.05) is 11.6 Å². The van der Waals surface area contributed by atoms with Gasteiger partial charge in [0, 0.05) is 12.1 Å². The minimum absolute atomic E-state index is 0.0699. The van der Waals surface area contributed by atoms with Gasteiger partial charge in [0.2, 0.25) is 0 Å². The number of hydrogen-bond acceptors (Lipinski definition) is 7. The Morgan fingerprint density at radius 2 is 1.70 bits per heavy atom. The van der Waals surface area contributed by atoms with Crippen LogP contribution in [0.2, 0.25) is 5.02 Å². The summed E-state index contributed by atoms with van der Waals surface area (Å²) in [5.41, 5.74) is -1.96. The van der Waals surface area contributed by atoms with E-state index in [4.69, 9.17) is 37.4 Å². The van der Waals surface area contributed by atoms with Crippen molar-refractivity contribution < 1.29 is 41.9 Å². The van der Waals surface area contributed by atoms with Gasteiger partial charge in [0.05, 0.1) is 28.7 Å². The molecule has 0 aromatic heterocycles. The second-order valence-electron chi connectivity index (χ2n) is 6.38. The molecule has 0 fully saturated rings. The molecule has 0 aliphatic heterocycles. The normalized spacial score (nSPS) is 11.1. The van der Waals surface area contributed by atoms with E-state index in [2.05, 4.69) is 0 Å². The van der Waals surface area contributed by atoms with Gasteiger partial charge in [-0.25, -0.2) is 4.79 Å². The lowest BCUT2D eigenvalue weighted by molar-refractivity contribution is -0.385. The first-order valence-electron chi connectivity index (χ1n) is 9.24. The summed E-state index contributed by atoms with van der Waals surface area (Å²) in [5.74, 6) is -2.11. The molecule has 2 aromatic rings. The number of nitrogens with zero attached hydrogens (tertiary/aromatic N) is 1. The van der Waals surface area contributed by atoms with Gasteiger partial charge in [0.25, 0.3) is 5.69 Å². The van der Waals surface area contributed by atoms with Crippen molar-refractivity contribution in [1.82, 2.24) is 0 Å². The van der Waals surface area contributed by atoms with Crippen molar-refractivity contribution in [2.24, 2.45) is 0 Å². The van der Waals surface area contributed by atoms with Gasteiger partial charge in [-0.2, -0.15) is 13.2 Å². The summed E-state index contributed by atoms with van der Waals surface area (Å²) in [6, 6.07) is 5.59. The molecule has 0 bridgehead atoms. The molecule has 33 heavy (non-hydrogen) atoms. The highest BCUT2D eigenvalue weighted by molar-refractivity contribution is 6.32. The van der Waals surface area contributed by atoms with E-state index in [1.165, 1.54) is 0 Å². The fourth-order valence-electron chi connectivity index (χ4n) is 2.46. The smallest absolute Gasteiger partial charge is 0.416 e. The van der Waals surface area contributed by atoms with Gasteiger partial charge < -0.3 is 14.2 Å². The standard InChI is InChI=1S/C20H16Cl2F3NO7/c21-11-18(27)31-7-1-2-8-32-19(28)14-10-13(4-5-16(14)26(29)30)33-17-6-3-12(9-15(17)22)20(23,24)25/h3-6,9-10H,1-2,7-8,11H2. The maximum atomic E-state index is 12.8. The summed E-state index contributed by atoms with van der Waals surface area (Å²) in [5, 5.41) is 10.9. The summed E-state index contributed by atoms with van der Waals surface area (Å²) >= 11 is 11.1. The zero-order valence-electron chi connectivity index (χ0n) is 16.7. The number of rotatable bonds is 10. The molecule has 0 spiro atoms. The Kier molecular flexibility index (Phi) is 9.30. The second-order valence-corrected chi connectivity index (χ2v) is 7.05. The Labute approximate surface area is 195 Å². The minimum atomic E-state index is -4.60. The van der Waals surface area contributed by atoms with Gasteiger partial charge >= 0.3 is 18.1 Å². The van der Waals surface area contributed by atoms with E-state index in [0.717, 1.165) is 30.3 Å². The quantitative estimate of drug-likeness (QED) is 0.131. The Bertz CT molecular complexity index is 1030. The van der Waals surface area contributed by atoms with E-state index in [1.54, 1.807) is 0 Å². The molecule has 0 amide bonds. The van der Waals surface area contributed by atoms with Crippen LogP contribution in [-0.4, -0.2) is 36.0 Å². The zero-order valence-corrected chi connectivity index (χ0v) is 18.2. The van der Waals surface area contributed by atoms with Crippen LogP contribution < -0.4 is 4.74 Å². The van der Waals surface area contributed by atoms with Crippen LogP contribution in [0.25, 0.3) is 0 Å². The number of unbranched alkanes of at least 4 members (excludes halogenated alkanes) is 1. The molecule has 0 aliphatic carbocycles. The van der Waals surface area contributed by atoms with Crippen molar-refractivity contribution in [3.05, 3.63) is 62.7 Å². The molecule has 178 valence electrons. The molecule has 0 saturated carbocycles. The van der Waals surface area contributed by atoms with E-state index in [1.807, 2.05) is 0 Å². The van der Waals surface area contributed by atoms with Gasteiger partial charge in [-0.15, -0.1) is 11.6 Å². The second kappa shape index (κ2) is 11.7. The summed E-state index contributed by atoms with van der Waals surface area (Å²) in [4.78, 5) is 33.7. The lowest BCUT2D eigenvalue weighted by atomic mass is 10.1. The fourth-order valence-corrected chi connectivity index (χ4v) is 2.76. The molecule has 0 aliphatic rings. The third kappa shape index (κ3) is 7.79. The molecule has 13 heteroatoms. The molecule has 2 aromatic carbocycles. The third-order valence-corrected chi connectivity index (χ3v) is 4.53. The summed E-state index contributed by atoms with van der Waals surface area (Å²) in [6.45, 7) is -0.0370. The average molecular weight is 510 g/mol. The van der Waals surface area contributed by atoms with Crippen molar-refractivity contribution in [3.63, 3.8) is 0 Å². The van der Waals surface area contributed by atoms with Crippen LogP contribution in [0.4, 0.5) is 18.9 Å². The Morgan fingerprint density at radius 1 is 1.03 bits per heavy atom. The Balaban J connectivity index is 2.09. The molecule has 8 nitrogen and oxygen atoms in total. The molecular weight excluding hydrogens is 494 g/mol. The summed E-state index contributed by atoms with van der Waals surface area (Å²) in [7, 11) is 0. The molecule has 0 heterocycles. The predicted molar refractivity (Wildman–Crippen MR) is 111 cm³/mol. The number of halogens is 5. The van der Waals surface area contributed by atoms with Crippen molar-refractivity contribution in [2.75, 3.05) is 19.1 Å². The van der Waals surface area contributed by atoms with Gasteiger partial charge in [-0.3, -0.25) is 14.9 Å². The number of nitro groups is 1. The summed E-state index contributed by atoms with van der Waals surface area (Å²) in [6.07, 6.45) is -3.92.